The fourth-order valence-electron chi connectivity index (χ4n) is 4.58. The van der Waals surface area contributed by atoms with Gasteiger partial charge in [0.1, 0.15) is 0 Å². The standard InChI is InChI=1S/C22H23BrN4O/c1-15-19-10-5-11-25(19)12-13-26(15)22(28)21-18-8-2-3-9-20(18)27(24-21)17-7-4-6-16(23)14-17/h4-7,10-11,14-15H,2-3,8-9,12-13H2,1H3. The van der Waals surface area contributed by atoms with Crippen molar-refractivity contribution in [2.45, 2.75) is 45.2 Å². The van der Waals surface area contributed by atoms with Gasteiger partial charge in [-0.05, 0) is 62.9 Å². The maximum absolute atomic E-state index is 13.6. The Kier molecular flexibility index (Phi) is 4.38. The summed E-state index contributed by atoms with van der Waals surface area (Å²) in [5.41, 5.74) is 5.18. The second kappa shape index (κ2) is 6.92. The molecule has 3 aromatic rings. The van der Waals surface area contributed by atoms with Gasteiger partial charge in [-0.3, -0.25) is 4.79 Å². The Balaban J connectivity index is 1.56. The highest BCUT2D eigenvalue weighted by molar-refractivity contribution is 9.10. The molecule has 1 atom stereocenters. The number of hydrogen-bond acceptors (Lipinski definition) is 2. The molecule has 0 spiro atoms. The molecule has 5 nitrogen and oxygen atoms in total. The van der Waals surface area contributed by atoms with E-state index in [0.29, 0.717) is 5.69 Å². The van der Waals surface area contributed by atoms with Gasteiger partial charge in [-0.1, -0.05) is 22.0 Å². The Morgan fingerprint density at radius 3 is 2.86 bits per heavy atom. The third kappa shape index (κ3) is 2.82. The van der Waals surface area contributed by atoms with Crippen LogP contribution in [-0.4, -0.2) is 31.7 Å². The number of hydrogen-bond donors (Lipinski definition) is 0. The molecule has 0 N–H and O–H groups in total. The number of halogens is 1. The van der Waals surface area contributed by atoms with Crippen LogP contribution in [0.15, 0.2) is 47.1 Å². The maximum atomic E-state index is 13.6. The van der Waals surface area contributed by atoms with Crippen LogP contribution in [0.4, 0.5) is 0 Å². The van der Waals surface area contributed by atoms with Gasteiger partial charge in [0.25, 0.3) is 5.91 Å². The van der Waals surface area contributed by atoms with Crippen LogP contribution in [0.1, 0.15) is 53.2 Å². The average molecular weight is 439 g/mol. The molecule has 0 fully saturated rings. The van der Waals surface area contributed by atoms with Crippen molar-refractivity contribution in [2.75, 3.05) is 6.54 Å². The molecule has 1 unspecified atom stereocenters. The molecule has 144 valence electrons. The Morgan fingerprint density at radius 2 is 2.00 bits per heavy atom. The van der Waals surface area contributed by atoms with Crippen LogP contribution >= 0.6 is 15.9 Å². The van der Waals surface area contributed by atoms with E-state index in [1.54, 1.807) is 0 Å². The summed E-state index contributed by atoms with van der Waals surface area (Å²) < 4.78 is 5.25. The normalized spacial score (nSPS) is 18.6. The minimum atomic E-state index is 0.0616. The topological polar surface area (TPSA) is 43.1 Å². The fraction of sp³-hybridized carbons (Fsp3) is 0.364. The van der Waals surface area contributed by atoms with E-state index in [9.17, 15) is 4.79 Å². The maximum Gasteiger partial charge on any atom is 0.275 e. The van der Waals surface area contributed by atoms with Crippen LogP contribution in [0.25, 0.3) is 5.69 Å². The fourth-order valence-corrected chi connectivity index (χ4v) is 4.97. The third-order valence-corrected chi connectivity index (χ3v) is 6.53. The SMILES string of the molecule is CC1c2cccn2CCN1C(=O)c1nn(-c2cccc(Br)c2)c2c1CCCC2. The van der Waals surface area contributed by atoms with Crippen molar-refractivity contribution in [2.24, 2.45) is 0 Å². The molecule has 28 heavy (non-hydrogen) atoms. The third-order valence-electron chi connectivity index (χ3n) is 6.04. The van der Waals surface area contributed by atoms with Crippen LogP contribution in [0.5, 0.6) is 0 Å². The van der Waals surface area contributed by atoms with Crippen molar-refractivity contribution in [1.82, 2.24) is 19.2 Å². The lowest BCUT2D eigenvalue weighted by molar-refractivity contribution is 0.0636. The van der Waals surface area contributed by atoms with E-state index in [1.165, 1.54) is 11.4 Å². The molecule has 0 saturated carbocycles. The van der Waals surface area contributed by atoms with Gasteiger partial charge in [-0.25, -0.2) is 4.68 Å². The lowest BCUT2D eigenvalue weighted by atomic mass is 9.95. The molecule has 1 aliphatic heterocycles. The lowest BCUT2D eigenvalue weighted by Crippen LogP contribution is -2.41. The van der Waals surface area contributed by atoms with E-state index in [2.05, 4.69) is 57.9 Å². The summed E-state index contributed by atoms with van der Waals surface area (Å²) in [5, 5.41) is 4.85. The van der Waals surface area contributed by atoms with Crippen LogP contribution in [0.3, 0.4) is 0 Å². The Bertz CT molecular complexity index is 1050. The van der Waals surface area contributed by atoms with Gasteiger partial charge < -0.3 is 9.47 Å². The Hall–Kier alpha value is -2.34. The van der Waals surface area contributed by atoms with Crippen molar-refractivity contribution in [1.29, 1.82) is 0 Å². The number of aromatic nitrogens is 3. The van der Waals surface area contributed by atoms with Crippen LogP contribution in [0.2, 0.25) is 0 Å². The number of fused-ring (bicyclic) bond motifs is 2. The van der Waals surface area contributed by atoms with Gasteiger partial charge in [-0.2, -0.15) is 5.10 Å². The molecule has 3 heterocycles. The summed E-state index contributed by atoms with van der Waals surface area (Å²) in [6, 6.07) is 12.4. The summed E-state index contributed by atoms with van der Waals surface area (Å²) in [6.07, 6.45) is 6.27. The minimum absolute atomic E-state index is 0.0616. The van der Waals surface area contributed by atoms with Crippen molar-refractivity contribution in [3.8, 4) is 5.69 Å². The molecule has 1 aliphatic carbocycles. The number of benzene rings is 1. The summed E-state index contributed by atoms with van der Waals surface area (Å²) in [6.45, 7) is 3.67. The number of nitrogens with zero attached hydrogens (tertiary/aromatic N) is 4. The molecule has 0 saturated heterocycles. The quantitative estimate of drug-likeness (QED) is 0.589. The zero-order chi connectivity index (χ0) is 19.3. The second-order valence-corrected chi connectivity index (χ2v) is 8.59. The predicted octanol–water partition coefficient (Wildman–Crippen LogP) is 4.53. The summed E-state index contributed by atoms with van der Waals surface area (Å²) in [4.78, 5) is 15.5. The van der Waals surface area contributed by atoms with Crippen LogP contribution < -0.4 is 0 Å². The average Bonchev–Trinajstić information content (AvgIpc) is 3.33. The summed E-state index contributed by atoms with van der Waals surface area (Å²) in [5.74, 6) is 0.0619. The van der Waals surface area contributed by atoms with E-state index in [1.807, 2.05) is 21.7 Å². The molecule has 1 aromatic carbocycles. The first-order chi connectivity index (χ1) is 13.6. The van der Waals surface area contributed by atoms with E-state index in [0.717, 1.165) is 54.5 Å². The van der Waals surface area contributed by atoms with Crippen molar-refractivity contribution >= 4 is 21.8 Å². The highest BCUT2D eigenvalue weighted by Crippen LogP contribution is 2.32. The monoisotopic (exact) mass is 438 g/mol. The highest BCUT2D eigenvalue weighted by atomic mass is 79.9. The summed E-state index contributed by atoms with van der Waals surface area (Å²) >= 11 is 3.55. The van der Waals surface area contributed by atoms with Gasteiger partial charge in [-0.15, -0.1) is 0 Å². The van der Waals surface area contributed by atoms with E-state index >= 15 is 0 Å². The number of carbonyl (C=O) groups excluding carboxylic acids is 1. The molecule has 6 heteroatoms. The van der Waals surface area contributed by atoms with Gasteiger partial charge in [0.05, 0.1) is 11.7 Å². The predicted molar refractivity (Wildman–Crippen MR) is 112 cm³/mol. The zero-order valence-corrected chi connectivity index (χ0v) is 17.5. The number of rotatable bonds is 2. The molecule has 0 radical (unpaired) electrons. The van der Waals surface area contributed by atoms with Gasteiger partial charge >= 0.3 is 0 Å². The Morgan fingerprint density at radius 1 is 1.14 bits per heavy atom. The lowest BCUT2D eigenvalue weighted by Gasteiger charge is -2.34. The summed E-state index contributed by atoms with van der Waals surface area (Å²) in [7, 11) is 0. The molecule has 1 amide bonds. The second-order valence-electron chi connectivity index (χ2n) is 7.67. The van der Waals surface area contributed by atoms with E-state index in [-0.39, 0.29) is 11.9 Å². The van der Waals surface area contributed by atoms with Gasteiger partial charge in [0.15, 0.2) is 5.69 Å². The molecular weight excluding hydrogens is 416 g/mol. The van der Waals surface area contributed by atoms with Gasteiger partial charge in [0, 0.05) is 40.7 Å². The zero-order valence-electron chi connectivity index (χ0n) is 15.9. The van der Waals surface area contributed by atoms with Crippen molar-refractivity contribution < 1.29 is 4.79 Å². The van der Waals surface area contributed by atoms with Gasteiger partial charge in [0.2, 0.25) is 0 Å². The smallest absolute Gasteiger partial charge is 0.275 e. The largest absolute Gasteiger partial charge is 0.348 e. The molecule has 0 bridgehead atoms. The first-order valence-electron chi connectivity index (χ1n) is 9.96. The first-order valence-corrected chi connectivity index (χ1v) is 10.8. The Labute approximate surface area is 173 Å². The number of carbonyl (C=O) groups is 1. The molecule has 2 aromatic heterocycles. The van der Waals surface area contributed by atoms with Crippen molar-refractivity contribution in [3.63, 3.8) is 0 Å². The van der Waals surface area contributed by atoms with Crippen LogP contribution in [0, 0.1) is 0 Å². The van der Waals surface area contributed by atoms with Crippen molar-refractivity contribution in [3.05, 3.63) is 69.7 Å². The molecule has 5 rings (SSSR count). The molecule has 2 aliphatic rings. The van der Waals surface area contributed by atoms with Crippen LogP contribution in [-0.2, 0) is 19.4 Å². The minimum Gasteiger partial charge on any atom is -0.348 e. The highest BCUT2D eigenvalue weighted by Gasteiger charge is 2.33. The van der Waals surface area contributed by atoms with E-state index < -0.39 is 0 Å². The molecular formula is C22H23BrN4O. The number of amides is 1. The first kappa shape index (κ1) is 17.7. The van der Waals surface area contributed by atoms with E-state index in [4.69, 9.17) is 5.10 Å².